The second-order valence-corrected chi connectivity index (χ2v) is 6.73. The molecule has 0 fully saturated rings. The molecule has 0 heterocycles. The van der Waals surface area contributed by atoms with Gasteiger partial charge in [-0.1, -0.05) is 53.5 Å². The quantitative estimate of drug-likeness (QED) is 0.486. The summed E-state index contributed by atoms with van der Waals surface area (Å²) in [4.78, 5) is 23.6. The minimum absolute atomic E-state index is 0.146. The fourth-order valence-corrected chi connectivity index (χ4v) is 2.78. The first-order chi connectivity index (χ1) is 13.0. The molecule has 2 rings (SSSR count). The van der Waals surface area contributed by atoms with Gasteiger partial charge in [0.25, 0.3) is 5.91 Å². The molecule has 0 saturated heterocycles. The van der Waals surface area contributed by atoms with Crippen LogP contribution in [0.2, 0.25) is 10.0 Å². The summed E-state index contributed by atoms with van der Waals surface area (Å²) in [5.41, 5.74) is 0.982. The lowest BCUT2D eigenvalue weighted by atomic mass is 10.1. The molecule has 0 saturated carbocycles. The van der Waals surface area contributed by atoms with E-state index in [1.165, 1.54) is 0 Å². The summed E-state index contributed by atoms with van der Waals surface area (Å²) in [6.07, 6.45) is 0.590. The van der Waals surface area contributed by atoms with Crippen LogP contribution in [0.4, 0.5) is 0 Å². The SMILES string of the molecule is C[C@H](NC(=O)COC(=O)CCCOc1ccc(Cl)cc1Cl)c1ccccc1. The van der Waals surface area contributed by atoms with E-state index in [4.69, 9.17) is 32.7 Å². The lowest BCUT2D eigenvalue weighted by Crippen LogP contribution is -2.31. The standard InChI is InChI=1S/C20H21Cl2NO4/c1-14(15-6-3-2-4-7-15)23-19(24)13-27-20(25)8-5-11-26-18-10-9-16(21)12-17(18)22/h2-4,6-7,9-10,12,14H,5,8,11,13H2,1H3,(H,23,24)/t14-/m0/s1. The van der Waals surface area contributed by atoms with Gasteiger partial charge in [0.05, 0.1) is 17.7 Å². The molecule has 0 aromatic heterocycles. The van der Waals surface area contributed by atoms with Crippen molar-refractivity contribution in [1.82, 2.24) is 5.32 Å². The smallest absolute Gasteiger partial charge is 0.306 e. The van der Waals surface area contributed by atoms with Gasteiger partial charge in [-0.2, -0.15) is 0 Å². The van der Waals surface area contributed by atoms with E-state index in [1.807, 2.05) is 37.3 Å². The first-order valence-corrected chi connectivity index (χ1v) is 9.29. The third kappa shape index (κ3) is 7.49. The molecule has 0 aliphatic rings. The zero-order valence-corrected chi connectivity index (χ0v) is 16.4. The third-order valence-corrected chi connectivity index (χ3v) is 4.25. The predicted molar refractivity (Wildman–Crippen MR) is 105 cm³/mol. The summed E-state index contributed by atoms with van der Waals surface area (Å²) in [6.45, 7) is 1.86. The molecular formula is C20H21Cl2NO4. The van der Waals surface area contributed by atoms with Crippen LogP contribution in [-0.4, -0.2) is 25.1 Å². The molecule has 1 N–H and O–H groups in total. The number of nitrogens with one attached hydrogen (secondary N) is 1. The second-order valence-electron chi connectivity index (χ2n) is 5.89. The summed E-state index contributed by atoms with van der Waals surface area (Å²) >= 11 is 11.8. The van der Waals surface area contributed by atoms with Crippen LogP contribution in [-0.2, 0) is 14.3 Å². The molecule has 27 heavy (non-hydrogen) atoms. The monoisotopic (exact) mass is 409 g/mol. The highest BCUT2D eigenvalue weighted by Gasteiger charge is 2.12. The fourth-order valence-electron chi connectivity index (χ4n) is 2.32. The van der Waals surface area contributed by atoms with Crippen LogP contribution >= 0.6 is 23.2 Å². The number of esters is 1. The summed E-state index contributed by atoms with van der Waals surface area (Å²) in [6, 6.07) is 14.3. The van der Waals surface area contributed by atoms with Gasteiger partial charge in [-0.3, -0.25) is 9.59 Å². The highest BCUT2D eigenvalue weighted by atomic mass is 35.5. The van der Waals surface area contributed by atoms with Crippen LogP contribution in [0.1, 0.15) is 31.4 Å². The van der Waals surface area contributed by atoms with E-state index in [0.29, 0.717) is 28.8 Å². The lowest BCUT2D eigenvalue weighted by molar-refractivity contribution is -0.148. The molecule has 7 heteroatoms. The Labute approximate surface area is 168 Å². The average Bonchev–Trinajstić information content (AvgIpc) is 2.65. The van der Waals surface area contributed by atoms with Crippen molar-refractivity contribution < 1.29 is 19.1 Å². The summed E-state index contributed by atoms with van der Waals surface area (Å²) < 4.78 is 10.5. The second kappa shape index (κ2) is 10.8. The molecule has 0 aliphatic heterocycles. The lowest BCUT2D eigenvalue weighted by Gasteiger charge is -2.14. The van der Waals surface area contributed by atoms with Crippen molar-refractivity contribution in [1.29, 1.82) is 0 Å². The zero-order valence-electron chi connectivity index (χ0n) is 14.9. The maximum Gasteiger partial charge on any atom is 0.306 e. The van der Waals surface area contributed by atoms with Crippen LogP contribution in [0.5, 0.6) is 5.75 Å². The number of amides is 1. The molecule has 2 aromatic rings. The Morgan fingerprint density at radius 1 is 1.11 bits per heavy atom. The van der Waals surface area contributed by atoms with Crippen molar-refractivity contribution >= 4 is 35.1 Å². The van der Waals surface area contributed by atoms with Gasteiger partial charge in [-0.15, -0.1) is 0 Å². The Hall–Kier alpha value is -2.24. The number of carbonyl (C=O) groups is 2. The largest absolute Gasteiger partial charge is 0.492 e. The molecule has 5 nitrogen and oxygen atoms in total. The number of benzene rings is 2. The van der Waals surface area contributed by atoms with Crippen LogP contribution < -0.4 is 10.1 Å². The number of carbonyl (C=O) groups excluding carboxylic acids is 2. The van der Waals surface area contributed by atoms with E-state index in [1.54, 1.807) is 18.2 Å². The van der Waals surface area contributed by atoms with Crippen LogP contribution in [0.25, 0.3) is 0 Å². The zero-order chi connectivity index (χ0) is 19.6. The van der Waals surface area contributed by atoms with Gasteiger partial charge in [-0.05, 0) is 37.1 Å². The highest BCUT2D eigenvalue weighted by Crippen LogP contribution is 2.27. The van der Waals surface area contributed by atoms with E-state index in [0.717, 1.165) is 5.56 Å². The average molecular weight is 410 g/mol. The topological polar surface area (TPSA) is 64.6 Å². The van der Waals surface area contributed by atoms with Crippen LogP contribution in [0.15, 0.2) is 48.5 Å². The van der Waals surface area contributed by atoms with Crippen molar-refractivity contribution in [2.75, 3.05) is 13.2 Å². The van der Waals surface area contributed by atoms with Gasteiger partial charge in [0.1, 0.15) is 5.75 Å². The number of ether oxygens (including phenoxy) is 2. The van der Waals surface area contributed by atoms with Crippen molar-refractivity contribution in [3.8, 4) is 5.75 Å². The van der Waals surface area contributed by atoms with E-state index in [9.17, 15) is 9.59 Å². The molecule has 2 aromatic carbocycles. The predicted octanol–water partition coefficient (Wildman–Crippen LogP) is 4.57. The summed E-state index contributed by atoms with van der Waals surface area (Å²) in [7, 11) is 0. The maximum absolute atomic E-state index is 11.9. The van der Waals surface area contributed by atoms with E-state index >= 15 is 0 Å². The normalized spacial score (nSPS) is 11.5. The summed E-state index contributed by atoms with van der Waals surface area (Å²) in [5, 5.41) is 3.72. The Morgan fingerprint density at radius 2 is 1.85 bits per heavy atom. The molecule has 0 spiro atoms. The Balaban J connectivity index is 1.62. The van der Waals surface area contributed by atoms with E-state index < -0.39 is 5.97 Å². The Kier molecular flexibility index (Phi) is 8.43. The van der Waals surface area contributed by atoms with Crippen molar-refractivity contribution in [2.45, 2.75) is 25.8 Å². The van der Waals surface area contributed by atoms with Crippen molar-refractivity contribution in [3.05, 3.63) is 64.1 Å². The fraction of sp³-hybridized carbons (Fsp3) is 0.300. The van der Waals surface area contributed by atoms with Gasteiger partial charge in [0.2, 0.25) is 0 Å². The van der Waals surface area contributed by atoms with E-state index in [-0.39, 0.29) is 25.0 Å². The highest BCUT2D eigenvalue weighted by molar-refractivity contribution is 6.35. The van der Waals surface area contributed by atoms with Gasteiger partial charge in [0.15, 0.2) is 6.61 Å². The molecule has 1 atom stereocenters. The minimum atomic E-state index is -0.455. The molecule has 0 radical (unpaired) electrons. The van der Waals surface area contributed by atoms with Gasteiger partial charge < -0.3 is 14.8 Å². The molecule has 144 valence electrons. The van der Waals surface area contributed by atoms with E-state index in [2.05, 4.69) is 5.32 Å². The van der Waals surface area contributed by atoms with Gasteiger partial charge >= 0.3 is 5.97 Å². The van der Waals surface area contributed by atoms with Crippen molar-refractivity contribution in [2.24, 2.45) is 0 Å². The summed E-state index contributed by atoms with van der Waals surface area (Å²) in [5.74, 6) is -0.295. The maximum atomic E-state index is 11.9. The third-order valence-electron chi connectivity index (χ3n) is 3.72. The first kappa shape index (κ1) is 21.1. The first-order valence-electron chi connectivity index (χ1n) is 8.53. The molecule has 0 unspecified atom stereocenters. The molecule has 0 bridgehead atoms. The van der Waals surface area contributed by atoms with Gasteiger partial charge in [0, 0.05) is 11.4 Å². The molecule has 1 amide bonds. The number of halogens is 2. The Bertz CT molecular complexity index is 768. The number of rotatable bonds is 9. The minimum Gasteiger partial charge on any atom is -0.492 e. The Morgan fingerprint density at radius 3 is 2.56 bits per heavy atom. The number of hydrogen-bond acceptors (Lipinski definition) is 4. The van der Waals surface area contributed by atoms with Crippen LogP contribution in [0, 0.1) is 0 Å². The molecular weight excluding hydrogens is 389 g/mol. The number of hydrogen-bond donors (Lipinski definition) is 1. The van der Waals surface area contributed by atoms with Crippen molar-refractivity contribution in [3.63, 3.8) is 0 Å². The van der Waals surface area contributed by atoms with Crippen LogP contribution in [0.3, 0.4) is 0 Å². The van der Waals surface area contributed by atoms with Gasteiger partial charge in [-0.25, -0.2) is 0 Å². The molecule has 0 aliphatic carbocycles.